The molecule has 1 aliphatic rings. The van der Waals surface area contributed by atoms with E-state index in [1.165, 1.54) is 30.4 Å². The highest BCUT2D eigenvalue weighted by Gasteiger charge is 2.27. The number of nitrogens with two attached hydrogens (primary N) is 1. The maximum Gasteiger partial charge on any atom is 0.0776 e. The number of hydrazine groups is 1. The van der Waals surface area contributed by atoms with E-state index in [0.29, 0.717) is 5.92 Å². The van der Waals surface area contributed by atoms with Crippen molar-refractivity contribution in [2.24, 2.45) is 5.84 Å². The van der Waals surface area contributed by atoms with Gasteiger partial charge in [0.05, 0.1) is 12.1 Å². The van der Waals surface area contributed by atoms with Crippen LogP contribution in [0.3, 0.4) is 0 Å². The van der Waals surface area contributed by atoms with E-state index in [9.17, 15) is 0 Å². The molecule has 3 nitrogen and oxygen atoms in total. The Morgan fingerprint density at radius 2 is 2.11 bits per heavy atom. The van der Waals surface area contributed by atoms with Gasteiger partial charge in [0.2, 0.25) is 0 Å². The maximum absolute atomic E-state index is 5.76. The third-order valence-corrected chi connectivity index (χ3v) is 4.13. The van der Waals surface area contributed by atoms with Crippen molar-refractivity contribution in [1.29, 1.82) is 0 Å². The van der Waals surface area contributed by atoms with Crippen LogP contribution in [0.1, 0.15) is 55.7 Å². The summed E-state index contributed by atoms with van der Waals surface area (Å²) in [5.74, 6) is 6.47. The molecule has 1 aromatic rings. The van der Waals surface area contributed by atoms with E-state index in [4.69, 9.17) is 10.6 Å². The van der Waals surface area contributed by atoms with Gasteiger partial charge >= 0.3 is 0 Å². The Balaban J connectivity index is 2.29. The van der Waals surface area contributed by atoms with Crippen LogP contribution < -0.4 is 11.3 Å². The first-order chi connectivity index (χ1) is 8.81. The predicted molar refractivity (Wildman–Crippen MR) is 74.2 cm³/mol. The molecule has 1 aromatic carbocycles. The second-order valence-corrected chi connectivity index (χ2v) is 5.08. The minimum Gasteiger partial charge on any atom is -0.379 e. The van der Waals surface area contributed by atoms with Crippen molar-refractivity contribution in [1.82, 2.24) is 5.43 Å². The van der Waals surface area contributed by atoms with Gasteiger partial charge in [0.25, 0.3) is 0 Å². The van der Waals surface area contributed by atoms with E-state index in [0.717, 1.165) is 6.42 Å². The van der Waals surface area contributed by atoms with Crippen molar-refractivity contribution in [3.05, 3.63) is 35.4 Å². The van der Waals surface area contributed by atoms with Crippen LogP contribution in [0.2, 0.25) is 0 Å². The highest BCUT2D eigenvalue weighted by atomic mass is 16.5. The molecule has 0 aromatic heterocycles. The number of hydrogen-bond donors (Lipinski definition) is 2. The average Bonchev–Trinajstić information content (AvgIpc) is 2.35. The number of hydrogen-bond acceptors (Lipinski definition) is 3. The minimum absolute atomic E-state index is 0.0804. The van der Waals surface area contributed by atoms with Gasteiger partial charge in [-0.1, -0.05) is 37.6 Å². The lowest BCUT2D eigenvalue weighted by Crippen LogP contribution is -2.38. The Hall–Kier alpha value is -0.900. The van der Waals surface area contributed by atoms with Crippen LogP contribution in [-0.2, 0) is 4.74 Å². The molecule has 18 heavy (non-hydrogen) atoms. The molecule has 1 saturated carbocycles. The second kappa shape index (κ2) is 6.32. The van der Waals surface area contributed by atoms with Gasteiger partial charge in [0.15, 0.2) is 0 Å². The van der Waals surface area contributed by atoms with E-state index >= 15 is 0 Å². The fraction of sp³-hybridized carbons (Fsp3) is 0.600. The zero-order valence-corrected chi connectivity index (χ0v) is 11.4. The number of ether oxygens (including phenoxy) is 1. The molecule has 1 fully saturated rings. The van der Waals surface area contributed by atoms with Crippen LogP contribution in [0.25, 0.3) is 0 Å². The van der Waals surface area contributed by atoms with Gasteiger partial charge < -0.3 is 4.74 Å². The van der Waals surface area contributed by atoms with Crippen molar-refractivity contribution in [2.75, 3.05) is 7.11 Å². The van der Waals surface area contributed by atoms with Crippen molar-refractivity contribution >= 4 is 0 Å². The van der Waals surface area contributed by atoms with Crippen LogP contribution in [-0.4, -0.2) is 13.2 Å². The van der Waals surface area contributed by atoms with Crippen LogP contribution in [0.4, 0.5) is 0 Å². The van der Waals surface area contributed by atoms with E-state index < -0.39 is 0 Å². The van der Waals surface area contributed by atoms with Gasteiger partial charge in [-0.25, -0.2) is 0 Å². The molecule has 0 saturated heterocycles. The lowest BCUT2D eigenvalue weighted by Gasteiger charge is -2.32. The summed E-state index contributed by atoms with van der Waals surface area (Å²) >= 11 is 0. The Morgan fingerprint density at radius 3 is 2.61 bits per heavy atom. The van der Waals surface area contributed by atoms with Crippen LogP contribution >= 0.6 is 0 Å². The Bertz CT molecular complexity index is 373. The van der Waals surface area contributed by atoms with Crippen LogP contribution in [0.5, 0.6) is 0 Å². The Labute approximate surface area is 110 Å². The lowest BCUT2D eigenvalue weighted by molar-refractivity contribution is 0.0645. The standard InChI is InChI=1S/C15H24N2O/c1-3-14(18-2)15(17-16)13-10-5-4-9-12(13)11-7-6-8-11/h4-5,9-11,14-15,17H,3,6-8,16H2,1-2H3. The molecule has 0 aliphatic heterocycles. The second-order valence-electron chi connectivity index (χ2n) is 5.08. The number of rotatable bonds is 6. The SMILES string of the molecule is CCC(OC)C(NN)c1ccccc1C1CCC1. The number of nitrogens with one attached hydrogen (secondary N) is 1. The summed E-state index contributed by atoms with van der Waals surface area (Å²) in [6.45, 7) is 2.13. The summed E-state index contributed by atoms with van der Waals surface area (Å²) in [7, 11) is 1.75. The van der Waals surface area contributed by atoms with Crippen LogP contribution in [0.15, 0.2) is 24.3 Å². The summed E-state index contributed by atoms with van der Waals surface area (Å²) in [6, 6.07) is 8.71. The molecule has 0 bridgehead atoms. The molecule has 0 radical (unpaired) electrons. The zero-order valence-electron chi connectivity index (χ0n) is 11.4. The summed E-state index contributed by atoms with van der Waals surface area (Å²) in [6.07, 6.45) is 5.03. The molecule has 2 atom stereocenters. The topological polar surface area (TPSA) is 47.3 Å². The van der Waals surface area contributed by atoms with Gasteiger partial charge in [-0.3, -0.25) is 11.3 Å². The Kier molecular flexibility index (Phi) is 4.75. The fourth-order valence-electron chi connectivity index (χ4n) is 2.82. The molecule has 0 spiro atoms. The minimum atomic E-state index is 0.0804. The summed E-state index contributed by atoms with van der Waals surface area (Å²) in [4.78, 5) is 0. The Morgan fingerprint density at radius 1 is 1.39 bits per heavy atom. The molecule has 1 aliphatic carbocycles. The van der Waals surface area contributed by atoms with Gasteiger partial charge in [0, 0.05) is 7.11 Å². The third kappa shape index (κ3) is 2.58. The predicted octanol–water partition coefficient (Wildman–Crippen LogP) is 2.88. The largest absolute Gasteiger partial charge is 0.379 e. The van der Waals surface area contributed by atoms with Crippen molar-refractivity contribution < 1.29 is 4.74 Å². The quantitative estimate of drug-likeness (QED) is 0.601. The summed E-state index contributed by atoms with van der Waals surface area (Å²) in [5.41, 5.74) is 5.69. The highest BCUT2D eigenvalue weighted by molar-refractivity contribution is 5.34. The lowest BCUT2D eigenvalue weighted by atomic mass is 9.76. The monoisotopic (exact) mass is 248 g/mol. The van der Waals surface area contributed by atoms with Crippen LogP contribution in [0, 0.1) is 0 Å². The van der Waals surface area contributed by atoms with Crippen molar-refractivity contribution in [3.8, 4) is 0 Å². The van der Waals surface area contributed by atoms with Gasteiger partial charge in [0.1, 0.15) is 0 Å². The molecule has 2 rings (SSSR count). The molecule has 100 valence electrons. The zero-order chi connectivity index (χ0) is 13.0. The van der Waals surface area contributed by atoms with Gasteiger partial charge in [-0.2, -0.15) is 0 Å². The van der Waals surface area contributed by atoms with E-state index in [1.807, 2.05) is 0 Å². The summed E-state index contributed by atoms with van der Waals surface area (Å²) < 4.78 is 5.55. The van der Waals surface area contributed by atoms with E-state index in [1.54, 1.807) is 7.11 Å². The molecule has 3 N–H and O–H groups in total. The van der Waals surface area contributed by atoms with Gasteiger partial charge in [-0.05, 0) is 36.3 Å². The molecular formula is C15H24N2O. The summed E-state index contributed by atoms with van der Waals surface area (Å²) in [5, 5.41) is 0. The first-order valence-electron chi connectivity index (χ1n) is 6.89. The third-order valence-electron chi connectivity index (χ3n) is 4.13. The normalized spacial score (nSPS) is 19.3. The van der Waals surface area contributed by atoms with Crippen molar-refractivity contribution in [2.45, 2.75) is 50.7 Å². The van der Waals surface area contributed by atoms with Gasteiger partial charge in [-0.15, -0.1) is 0 Å². The van der Waals surface area contributed by atoms with E-state index in [2.05, 4.69) is 36.6 Å². The molecule has 0 amide bonds. The highest BCUT2D eigenvalue weighted by Crippen LogP contribution is 2.40. The smallest absolute Gasteiger partial charge is 0.0776 e. The molecular weight excluding hydrogens is 224 g/mol. The maximum atomic E-state index is 5.76. The average molecular weight is 248 g/mol. The molecule has 3 heteroatoms. The first kappa shape index (κ1) is 13.5. The fourth-order valence-corrected chi connectivity index (χ4v) is 2.82. The number of benzene rings is 1. The van der Waals surface area contributed by atoms with E-state index in [-0.39, 0.29) is 12.1 Å². The first-order valence-corrected chi connectivity index (χ1v) is 6.89. The van der Waals surface area contributed by atoms with Crippen molar-refractivity contribution in [3.63, 3.8) is 0 Å². The number of methoxy groups -OCH3 is 1. The molecule has 2 unspecified atom stereocenters. The molecule has 0 heterocycles.